The van der Waals surface area contributed by atoms with E-state index in [1.807, 2.05) is 4.90 Å². The molecule has 0 bridgehead atoms. The standard InChI is InChI=1S/C22H27ClFN5O/c1-14-2-5-19-20(14)21(27-13-26-19)28-6-8-29(9-7-28)22(30)16(12-25)10-15-3-4-17(23)18(24)11-15/h3-4,11,13-14,16H,2,5-10,12,25H2,1H3/t14-,16?/m1/s1. The van der Waals surface area contributed by atoms with Crippen LogP contribution in [0.25, 0.3) is 0 Å². The van der Waals surface area contributed by atoms with Gasteiger partial charge in [-0.2, -0.15) is 0 Å². The number of hydrogen-bond acceptors (Lipinski definition) is 5. The van der Waals surface area contributed by atoms with Gasteiger partial charge in [0.05, 0.1) is 10.9 Å². The molecule has 0 saturated carbocycles. The number of aromatic nitrogens is 2. The van der Waals surface area contributed by atoms with Crippen molar-refractivity contribution in [2.75, 3.05) is 37.6 Å². The van der Waals surface area contributed by atoms with Crippen LogP contribution in [0.2, 0.25) is 5.02 Å². The summed E-state index contributed by atoms with van der Waals surface area (Å²) in [6.07, 6.45) is 4.18. The summed E-state index contributed by atoms with van der Waals surface area (Å²) < 4.78 is 13.7. The van der Waals surface area contributed by atoms with Gasteiger partial charge in [-0.1, -0.05) is 24.6 Å². The van der Waals surface area contributed by atoms with E-state index in [1.54, 1.807) is 12.4 Å². The van der Waals surface area contributed by atoms with Gasteiger partial charge < -0.3 is 15.5 Å². The Balaban J connectivity index is 1.40. The number of piperazine rings is 1. The number of hydrogen-bond donors (Lipinski definition) is 1. The van der Waals surface area contributed by atoms with Crippen LogP contribution in [0, 0.1) is 11.7 Å². The summed E-state index contributed by atoms with van der Waals surface area (Å²) in [5.74, 6) is 0.660. The van der Waals surface area contributed by atoms with Gasteiger partial charge in [0.25, 0.3) is 0 Å². The smallest absolute Gasteiger partial charge is 0.227 e. The molecule has 2 aliphatic rings. The van der Waals surface area contributed by atoms with E-state index >= 15 is 0 Å². The zero-order chi connectivity index (χ0) is 21.3. The molecule has 0 radical (unpaired) electrons. The second kappa shape index (κ2) is 8.86. The molecular formula is C22H27ClFN5O. The Bertz CT molecular complexity index is 932. The van der Waals surface area contributed by atoms with E-state index in [0.29, 0.717) is 25.4 Å². The number of halogens is 2. The highest BCUT2D eigenvalue weighted by atomic mass is 35.5. The Labute approximate surface area is 181 Å². The fourth-order valence-electron chi connectivity index (χ4n) is 4.49. The van der Waals surface area contributed by atoms with Crippen molar-refractivity contribution in [1.82, 2.24) is 14.9 Å². The van der Waals surface area contributed by atoms with Crippen LogP contribution in [0.3, 0.4) is 0 Å². The van der Waals surface area contributed by atoms with E-state index in [0.717, 1.165) is 43.0 Å². The number of anilines is 1. The number of amides is 1. The number of aryl methyl sites for hydroxylation is 1. The lowest BCUT2D eigenvalue weighted by molar-refractivity contribution is -0.135. The van der Waals surface area contributed by atoms with Gasteiger partial charge in [0, 0.05) is 44.0 Å². The second-order valence-corrected chi connectivity index (χ2v) is 8.60. The van der Waals surface area contributed by atoms with Crippen molar-refractivity contribution in [2.24, 2.45) is 11.7 Å². The maximum Gasteiger partial charge on any atom is 0.227 e. The van der Waals surface area contributed by atoms with E-state index in [1.165, 1.54) is 17.7 Å². The van der Waals surface area contributed by atoms with Gasteiger partial charge in [-0.25, -0.2) is 14.4 Å². The lowest BCUT2D eigenvalue weighted by atomic mass is 9.97. The fourth-order valence-corrected chi connectivity index (χ4v) is 4.61. The highest BCUT2D eigenvalue weighted by Crippen LogP contribution is 2.37. The van der Waals surface area contributed by atoms with Crippen LogP contribution in [0.5, 0.6) is 0 Å². The molecule has 1 aliphatic carbocycles. The maximum absolute atomic E-state index is 13.7. The summed E-state index contributed by atoms with van der Waals surface area (Å²) >= 11 is 5.76. The summed E-state index contributed by atoms with van der Waals surface area (Å²) in [4.78, 5) is 26.2. The molecule has 1 unspecified atom stereocenters. The molecule has 2 heterocycles. The normalized spacial score (nSPS) is 19.7. The van der Waals surface area contributed by atoms with E-state index in [2.05, 4.69) is 21.8 Å². The molecular weight excluding hydrogens is 405 g/mol. The van der Waals surface area contributed by atoms with Gasteiger partial charge >= 0.3 is 0 Å². The Morgan fingerprint density at radius 2 is 2.07 bits per heavy atom. The minimum Gasteiger partial charge on any atom is -0.353 e. The summed E-state index contributed by atoms with van der Waals surface area (Å²) in [5.41, 5.74) is 9.05. The van der Waals surface area contributed by atoms with E-state index < -0.39 is 5.82 Å². The maximum atomic E-state index is 13.7. The summed E-state index contributed by atoms with van der Waals surface area (Å²) in [6.45, 7) is 5.16. The number of carbonyl (C=O) groups excluding carboxylic acids is 1. The highest BCUT2D eigenvalue weighted by molar-refractivity contribution is 6.30. The number of rotatable bonds is 5. The largest absolute Gasteiger partial charge is 0.353 e. The lowest BCUT2D eigenvalue weighted by Gasteiger charge is -2.37. The Morgan fingerprint density at radius 1 is 1.30 bits per heavy atom. The molecule has 1 saturated heterocycles. The molecule has 2 atom stereocenters. The van der Waals surface area contributed by atoms with Gasteiger partial charge in [-0.3, -0.25) is 4.79 Å². The quantitative estimate of drug-likeness (QED) is 0.787. The Morgan fingerprint density at radius 3 is 2.77 bits per heavy atom. The average Bonchev–Trinajstić information content (AvgIpc) is 3.15. The third-order valence-corrected chi connectivity index (χ3v) is 6.55. The van der Waals surface area contributed by atoms with Gasteiger partial charge in [0.15, 0.2) is 0 Å². The van der Waals surface area contributed by atoms with Gasteiger partial charge in [-0.05, 0) is 42.9 Å². The predicted octanol–water partition coefficient (Wildman–Crippen LogP) is 2.79. The van der Waals surface area contributed by atoms with Crippen LogP contribution in [-0.4, -0.2) is 53.5 Å². The first-order valence-electron chi connectivity index (χ1n) is 10.5. The molecule has 160 valence electrons. The number of benzene rings is 1. The molecule has 0 spiro atoms. The van der Waals surface area contributed by atoms with Crippen molar-refractivity contribution in [3.05, 3.63) is 52.2 Å². The van der Waals surface area contributed by atoms with Crippen molar-refractivity contribution >= 4 is 23.3 Å². The van der Waals surface area contributed by atoms with Gasteiger partial charge in [0.1, 0.15) is 18.0 Å². The third-order valence-electron chi connectivity index (χ3n) is 6.24. The molecule has 1 fully saturated rings. The zero-order valence-corrected chi connectivity index (χ0v) is 17.9. The van der Waals surface area contributed by atoms with Crippen molar-refractivity contribution in [3.63, 3.8) is 0 Å². The number of carbonyl (C=O) groups is 1. The van der Waals surface area contributed by atoms with E-state index in [-0.39, 0.29) is 23.4 Å². The molecule has 1 aromatic carbocycles. The van der Waals surface area contributed by atoms with Crippen LogP contribution >= 0.6 is 11.6 Å². The van der Waals surface area contributed by atoms with Gasteiger partial charge in [0.2, 0.25) is 5.91 Å². The molecule has 4 rings (SSSR count). The summed E-state index contributed by atoms with van der Waals surface area (Å²) in [7, 11) is 0. The first-order valence-corrected chi connectivity index (χ1v) is 10.9. The number of nitrogens with two attached hydrogens (primary N) is 1. The monoisotopic (exact) mass is 431 g/mol. The molecule has 1 aromatic heterocycles. The molecule has 1 aliphatic heterocycles. The van der Waals surface area contributed by atoms with Gasteiger partial charge in [-0.15, -0.1) is 0 Å². The van der Waals surface area contributed by atoms with E-state index in [4.69, 9.17) is 17.3 Å². The van der Waals surface area contributed by atoms with Crippen LogP contribution in [0.4, 0.5) is 10.2 Å². The van der Waals surface area contributed by atoms with Crippen LogP contribution in [-0.2, 0) is 17.6 Å². The molecule has 6 nitrogen and oxygen atoms in total. The molecule has 1 amide bonds. The lowest BCUT2D eigenvalue weighted by Crippen LogP contribution is -2.52. The SMILES string of the molecule is C[C@@H]1CCc2ncnc(N3CCN(C(=O)C(CN)Cc4ccc(Cl)c(F)c4)CC3)c21. The summed E-state index contributed by atoms with van der Waals surface area (Å²) in [5, 5.41) is 0.0796. The van der Waals surface area contributed by atoms with Crippen molar-refractivity contribution in [1.29, 1.82) is 0 Å². The molecule has 30 heavy (non-hydrogen) atoms. The van der Waals surface area contributed by atoms with Crippen molar-refractivity contribution in [3.8, 4) is 0 Å². The molecule has 2 N–H and O–H groups in total. The number of fused-ring (bicyclic) bond motifs is 1. The Hall–Kier alpha value is -2.25. The van der Waals surface area contributed by atoms with Crippen LogP contribution < -0.4 is 10.6 Å². The predicted molar refractivity (Wildman–Crippen MR) is 115 cm³/mol. The van der Waals surface area contributed by atoms with Crippen molar-refractivity contribution < 1.29 is 9.18 Å². The fraction of sp³-hybridized carbons (Fsp3) is 0.500. The molecule has 2 aromatic rings. The van der Waals surface area contributed by atoms with Crippen molar-refractivity contribution in [2.45, 2.75) is 32.1 Å². The van der Waals surface area contributed by atoms with Crippen LogP contribution in [0.1, 0.15) is 36.1 Å². The minimum absolute atomic E-state index is 0.0220. The van der Waals surface area contributed by atoms with E-state index in [9.17, 15) is 9.18 Å². The Kier molecular flexibility index (Phi) is 6.20. The topological polar surface area (TPSA) is 75.4 Å². The zero-order valence-electron chi connectivity index (χ0n) is 17.2. The third kappa shape index (κ3) is 4.14. The first-order chi connectivity index (χ1) is 14.5. The average molecular weight is 432 g/mol. The molecule has 8 heteroatoms. The number of nitrogens with zero attached hydrogens (tertiary/aromatic N) is 4. The van der Waals surface area contributed by atoms with Crippen LogP contribution in [0.15, 0.2) is 24.5 Å². The minimum atomic E-state index is -0.474. The highest BCUT2D eigenvalue weighted by Gasteiger charge is 2.31. The summed E-state index contributed by atoms with van der Waals surface area (Å²) in [6, 6.07) is 4.65. The second-order valence-electron chi connectivity index (χ2n) is 8.19. The first kappa shape index (κ1) is 21.0.